The summed E-state index contributed by atoms with van der Waals surface area (Å²) in [5, 5.41) is 9.18. The molecule has 1 saturated heterocycles. The second-order valence-corrected chi connectivity index (χ2v) is 5.44. The number of carbonyl (C=O) groups excluding carboxylic acids is 1. The molecule has 2 fully saturated rings. The van der Waals surface area contributed by atoms with Crippen molar-refractivity contribution in [2.24, 2.45) is 11.8 Å². The standard InChI is InChI=1S/C14H23NO4/c1-3-11(14(17)18)15(4-2)13(16)10-8-9(10)12-6-5-7-19-12/h9-12H,3-8H2,1-2H3,(H,17,18)/t9-,10-,11?,12?/m1/s1. The number of hydrogen-bond donors (Lipinski definition) is 1. The topological polar surface area (TPSA) is 66.8 Å². The van der Waals surface area contributed by atoms with Gasteiger partial charge >= 0.3 is 5.97 Å². The molecule has 0 bridgehead atoms. The van der Waals surface area contributed by atoms with Crippen LogP contribution >= 0.6 is 0 Å². The van der Waals surface area contributed by atoms with Gasteiger partial charge in [0.1, 0.15) is 6.04 Å². The third-order valence-corrected chi connectivity index (χ3v) is 4.27. The van der Waals surface area contributed by atoms with E-state index < -0.39 is 12.0 Å². The fourth-order valence-electron chi connectivity index (χ4n) is 3.12. The van der Waals surface area contributed by atoms with Crippen molar-refractivity contribution in [2.45, 2.75) is 51.7 Å². The molecule has 1 aliphatic heterocycles. The first-order valence-electron chi connectivity index (χ1n) is 7.25. The zero-order valence-electron chi connectivity index (χ0n) is 11.7. The third kappa shape index (κ3) is 2.91. The Morgan fingerprint density at radius 3 is 2.63 bits per heavy atom. The van der Waals surface area contributed by atoms with Crippen LogP contribution in [0.15, 0.2) is 0 Å². The van der Waals surface area contributed by atoms with Crippen molar-refractivity contribution in [3.63, 3.8) is 0 Å². The number of ether oxygens (including phenoxy) is 1. The van der Waals surface area contributed by atoms with Crippen molar-refractivity contribution in [3.8, 4) is 0 Å². The molecule has 2 rings (SSSR count). The SMILES string of the molecule is CCC(C(=O)O)N(CC)C(=O)[C@@H]1C[C@H]1C1CCCO1. The lowest BCUT2D eigenvalue weighted by Crippen LogP contribution is -2.45. The summed E-state index contributed by atoms with van der Waals surface area (Å²) in [6.07, 6.45) is 3.64. The molecule has 1 N–H and O–H groups in total. The summed E-state index contributed by atoms with van der Waals surface area (Å²) >= 11 is 0. The highest BCUT2D eigenvalue weighted by atomic mass is 16.5. The molecule has 0 radical (unpaired) electrons. The molecule has 5 heteroatoms. The summed E-state index contributed by atoms with van der Waals surface area (Å²) in [5.74, 6) is -0.615. The molecule has 1 saturated carbocycles. The van der Waals surface area contributed by atoms with Crippen molar-refractivity contribution in [2.75, 3.05) is 13.2 Å². The summed E-state index contributed by atoms with van der Waals surface area (Å²) in [6, 6.07) is -0.691. The van der Waals surface area contributed by atoms with E-state index in [2.05, 4.69) is 0 Å². The molecule has 0 spiro atoms. The molecule has 1 amide bonds. The lowest BCUT2D eigenvalue weighted by Gasteiger charge is -2.27. The molecule has 0 aromatic rings. The van der Waals surface area contributed by atoms with E-state index >= 15 is 0 Å². The number of rotatable bonds is 6. The van der Waals surface area contributed by atoms with E-state index in [1.807, 2.05) is 6.92 Å². The van der Waals surface area contributed by atoms with E-state index in [4.69, 9.17) is 4.74 Å². The Labute approximate surface area is 113 Å². The minimum Gasteiger partial charge on any atom is -0.480 e. The maximum absolute atomic E-state index is 12.4. The van der Waals surface area contributed by atoms with Crippen molar-refractivity contribution < 1.29 is 19.4 Å². The van der Waals surface area contributed by atoms with Crippen LogP contribution in [0, 0.1) is 11.8 Å². The lowest BCUT2D eigenvalue weighted by molar-refractivity contribution is -0.151. The number of carboxylic acid groups (broad SMARTS) is 1. The highest BCUT2D eigenvalue weighted by molar-refractivity contribution is 5.86. The second kappa shape index (κ2) is 5.90. The van der Waals surface area contributed by atoms with Crippen LogP contribution in [0.1, 0.15) is 39.5 Å². The van der Waals surface area contributed by atoms with Gasteiger partial charge in [0.15, 0.2) is 0 Å². The Hall–Kier alpha value is -1.10. The predicted octanol–water partition coefficient (Wildman–Crippen LogP) is 1.51. The van der Waals surface area contributed by atoms with Gasteiger partial charge in [0, 0.05) is 19.1 Å². The first kappa shape index (κ1) is 14.3. The molecule has 4 atom stereocenters. The summed E-state index contributed by atoms with van der Waals surface area (Å²) in [7, 11) is 0. The quantitative estimate of drug-likeness (QED) is 0.793. The number of carbonyl (C=O) groups is 2. The number of likely N-dealkylation sites (N-methyl/N-ethyl adjacent to an activating group) is 1. The van der Waals surface area contributed by atoms with Gasteiger partial charge in [-0.1, -0.05) is 6.92 Å². The average molecular weight is 269 g/mol. The number of hydrogen-bond acceptors (Lipinski definition) is 3. The van der Waals surface area contributed by atoms with Crippen molar-refractivity contribution in [1.29, 1.82) is 0 Å². The largest absolute Gasteiger partial charge is 0.480 e. The minimum absolute atomic E-state index is 0.00255. The molecule has 0 aromatic carbocycles. The van der Waals surface area contributed by atoms with E-state index in [0.717, 1.165) is 25.9 Å². The first-order chi connectivity index (χ1) is 9.10. The highest BCUT2D eigenvalue weighted by Gasteiger charge is 2.51. The van der Waals surface area contributed by atoms with Crippen LogP contribution < -0.4 is 0 Å². The van der Waals surface area contributed by atoms with Crippen LogP contribution in [-0.2, 0) is 14.3 Å². The molecule has 2 aliphatic rings. The van der Waals surface area contributed by atoms with Crippen molar-refractivity contribution in [1.82, 2.24) is 4.90 Å². The fraction of sp³-hybridized carbons (Fsp3) is 0.857. The van der Waals surface area contributed by atoms with Crippen LogP contribution in [0.3, 0.4) is 0 Å². The Bertz CT molecular complexity index is 351. The number of aliphatic carboxylic acids is 1. The van der Waals surface area contributed by atoms with Crippen LogP contribution in [0.25, 0.3) is 0 Å². The Morgan fingerprint density at radius 1 is 1.42 bits per heavy atom. The summed E-state index contributed by atoms with van der Waals surface area (Å²) < 4.78 is 5.62. The monoisotopic (exact) mass is 269 g/mol. The fourth-order valence-corrected chi connectivity index (χ4v) is 3.12. The van der Waals surface area contributed by atoms with E-state index in [0.29, 0.717) is 18.9 Å². The molecular formula is C14H23NO4. The van der Waals surface area contributed by atoms with E-state index in [-0.39, 0.29) is 17.9 Å². The van der Waals surface area contributed by atoms with Crippen molar-refractivity contribution >= 4 is 11.9 Å². The zero-order valence-corrected chi connectivity index (χ0v) is 11.7. The van der Waals surface area contributed by atoms with Gasteiger partial charge in [0.2, 0.25) is 5.91 Å². The summed E-state index contributed by atoms with van der Waals surface area (Å²) in [6.45, 7) is 4.90. The van der Waals surface area contributed by atoms with Gasteiger partial charge in [0.05, 0.1) is 6.10 Å². The number of amides is 1. The van der Waals surface area contributed by atoms with Gasteiger partial charge in [0.25, 0.3) is 0 Å². The van der Waals surface area contributed by atoms with E-state index in [1.54, 1.807) is 6.92 Å². The third-order valence-electron chi connectivity index (χ3n) is 4.27. The second-order valence-electron chi connectivity index (χ2n) is 5.44. The van der Waals surface area contributed by atoms with Gasteiger partial charge < -0.3 is 14.7 Å². The van der Waals surface area contributed by atoms with Gasteiger partial charge in [-0.05, 0) is 38.5 Å². The molecule has 5 nitrogen and oxygen atoms in total. The Balaban J connectivity index is 1.96. The highest BCUT2D eigenvalue weighted by Crippen LogP contribution is 2.46. The Kier molecular flexibility index (Phi) is 4.45. The Morgan fingerprint density at radius 2 is 2.16 bits per heavy atom. The van der Waals surface area contributed by atoms with Crippen LogP contribution in [0.5, 0.6) is 0 Å². The predicted molar refractivity (Wildman–Crippen MR) is 69.7 cm³/mol. The lowest BCUT2D eigenvalue weighted by atomic mass is 10.1. The van der Waals surface area contributed by atoms with E-state index in [9.17, 15) is 14.7 Å². The number of nitrogens with zero attached hydrogens (tertiary/aromatic N) is 1. The maximum Gasteiger partial charge on any atom is 0.326 e. The van der Waals surface area contributed by atoms with Gasteiger partial charge in [-0.15, -0.1) is 0 Å². The zero-order chi connectivity index (χ0) is 14.0. The molecule has 19 heavy (non-hydrogen) atoms. The van der Waals surface area contributed by atoms with Crippen LogP contribution in [-0.4, -0.2) is 47.2 Å². The van der Waals surface area contributed by atoms with Crippen molar-refractivity contribution in [3.05, 3.63) is 0 Å². The molecule has 0 aromatic heterocycles. The molecule has 108 valence electrons. The van der Waals surface area contributed by atoms with Crippen LogP contribution in [0.4, 0.5) is 0 Å². The first-order valence-corrected chi connectivity index (χ1v) is 7.25. The van der Waals surface area contributed by atoms with E-state index in [1.165, 1.54) is 4.90 Å². The summed E-state index contributed by atoms with van der Waals surface area (Å²) in [4.78, 5) is 25.1. The molecule has 1 heterocycles. The van der Waals surface area contributed by atoms with Gasteiger partial charge in [-0.2, -0.15) is 0 Å². The average Bonchev–Trinajstić information content (AvgIpc) is 3.00. The number of carboxylic acids is 1. The van der Waals surface area contributed by atoms with Gasteiger partial charge in [-0.3, -0.25) is 4.79 Å². The molecular weight excluding hydrogens is 246 g/mol. The van der Waals surface area contributed by atoms with Gasteiger partial charge in [-0.25, -0.2) is 4.79 Å². The normalized spacial score (nSPS) is 30.9. The molecule has 2 unspecified atom stereocenters. The smallest absolute Gasteiger partial charge is 0.326 e. The molecule has 1 aliphatic carbocycles. The maximum atomic E-state index is 12.4. The minimum atomic E-state index is -0.910. The summed E-state index contributed by atoms with van der Waals surface area (Å²) in [5.41, 5.74) is 0. The van der Waals surface area contributed by atoms with Crippen LogP contribution in [0.2, 0.25) is 0 Å².